The number of pyridine rings is 1. The third-order valence-electron chi connectivity index (χ3n) is 3.18. The van der Waals surface area contributed by atoms with E-state index in [0.717, 1.165) is 0 Å². The van der Waals surface area contributed by atoms with E-state index >= 15 is 0 Å². The van der Waals surface area contributed by atoms with Crippen LogP contribution in [-0.4, -0.2) is 34.3 Å². The van der Waals surface area contributed by atoms with Gasteiger partial charge in [-0.3, -0.25) is 15.1 Å². The van der Waals surface area contributed by atoms with Crippen LogP contribution in [0.1, 0.15) is 10.4 Å². The number of hydrogen-bond acceptors (Lipinski definition) is 4. The zero-order valence-electron chi connectivity index (χ0n) is 13.9. The molecule has 0 bridgehead atoms. The van der Waals surface area contributed by atoms with E-state index < -0.39 is 4.33 Å². The summed E-state index contributed by atoms with van der Waals surface area (Å²) < 4.78 is -1.37. The summed E-state index contributed by atoms with van der Waals surface area (Å²) >= 11 is 18.2. The van der Waals surface area contributed by atoms with Gasteiger partial charge in [-0.05, 0) is 36.4 Å². The van der Waals surface area contributed by atoms with Crippen LogP contribution in [0, 0.1) is 11.5 Å². The van der Waals surface area contributed by atoms with Crippen molar-refractivity contribution in [1.29, 1.82) is 5.26 Å². The lowest BCUT2D eigenvalue weighted by Gasteiger charge is -2.18. The van der Waals surface area contributed by atoms with Crippen molar-refractivity contribution in [3.63, 3.8) is 0 Å². The van der Waals surface area contributed by atoms with E-state index in [0.29, 0.717) is 16.3 Å². The molecule has 0 unspecified atom stereocenters. The summed E-state index contributed by atoms with van der Waals surface area (Å²) in [7, 11) is 0. The molecule has 1 aromatic carbocycles. The highest BCUT2D eigenvalue weighted by atomic mass is 35.5. The van der Waals surface area contributed by atoms with E-state index in [1.165, 1.54) is 0 Å². The molecule has 0 radical (unpaired) electrons. The molecule has 7 nitrogen and oxygen atoms in total. The van der Waals surface area contributed by atoms with Crippen LogP contribution in [0.3, 0.4) is 0 Å². The molecule has 0 aliphatic carbocycles. The summed E-state index contributed by atoms with van der Waals surface area (Å²) in [6.45, 7) is -0.123. The molecule has 1 aromatic heterocycles. The average molecular weight is 426 g/mol. The fraction of sp³-hybridized carbons (Fsp3) is 0.176. The summed E-state index contributed by atoms with van der Waals surface area (Å²) in [5.74, 6) is -0.189. The molecule has 140 valence electrons. The number of nitriles is 1. The van der Waals surface area contributed by atoms with Gasteiger partial charge in [-0.2, -0.15) is 5.26 Å². The van der Waals surface area contributed by atoms with Crippen LogP contribution in [0.5, 0.6) is 0 Å². The Morgan fingerprint density at radius 3 is 2.63 bits per heavy atom. The number of nitrogens with zero attached hydrogens (tertiary/aromatic N) is 3. The lowest BCUT2D eigenvalue weighted by atomic mass is 10.2. The van der Waals surface area contributed by atoms with Crippen molar-refractivity contribution < 1.29 is 4.79 Å². The first kappa shape index (κ1) is 20.8. The number of hydrogen-bond donors (Lipinski definition) is 3. The van der Waals surface area contributed by atoms with Crippen molar-refractivity contribution in [2.24, 2.45) is 4.99 Å². The highest BCUT2D eigenvalue weighted by molar-refractivity contribution is 6.49. The maximum Gasteiger partial charge on any atom is 0.251 e. The molecule has 0 aliphatic rings. The highest BCUT2D eigenvalue weighted by Gasteiger charge is 2.25. The van der Waals surface area contributed by atoms with E-state index in [9.17, 15) is 4.79 Å². The predicted octanol–water partition coefficient (Wildman–Crippen LogP) is 3.18. The molecule has 3 N–H and O–H groups in total. The first-order chi connectivity index (χ1) is 12.9. The summed E-state index contributed by atoms with van der Waals surface area (Å²) in [5.41, 5.74) is 1.06. The van der Waals surface area contributed by atoms with E-state index in [4.69, 9.17) is 40.1 Å². The fourth-order valence-electron chi connectivity index (χ4n) is 1.90. The number of benzene rings is 1. The van der Waals surface area contributed by atoms with Gasteiger partial charge >= 0.3 is 0 Å². The Kier molecular flexibility index (Phi) is 7.67. The zero-order valence-corrected chi connectivity index (χ0v) is 16.2. The standard InChI is InChI=1S/C17H15Cl3N6O/c18-13-5-3-12(4-6-13)15(27)23-9-17(19,20)10-24-16(25-11-21)26-14-2-1-7-22-8-14/h1-8H,9-10H2,(H,23,27)(H2,24,25,26). The second-order valence-corrected chi connectivity index (χ2v) is 7.39. The summed E-state index contributed by atoms with van der Waals surface area (Å²) in [6, 6.07) is 9.88. The van der Waals surface area contributed by atoms with Crippen LogP contribution >= 0.6 is 34.8 Å². The van der Waals surface area contributed by atoms with E-state index in [-0.39, 0.29) is 25.0 Å². The van der Waals surface area contributed by atoms with E-state index in [1.54, 1.807) is 55.0 Å². The molecule has 10 heteroatoms. The van der Waals surface area contributed by atoms with Crippen LogP contribution in [0.15, 0.2) is 53.8 Å². The number of anilines is 1. The number of aromatic nitrogens is 1. The molecule has 0 aliphatic heterocycles. The molecular formula is C17H15Cl3N6O. The second-order valence-electron chi connectivity index (χ2n) is 5.31. The molecule has 1 amide bonds. The van der Waals surface area contributed by atoms with Crippen LogP contribution in [-0.2, 0) is 0 Å². The molecule has 0 fully saturated rings. The Hall–Kier alpha value is -2.53. The minimum atomic E-state index is -1.37. The predicted molar refractivity (Wildman–Crippen MR) is 107 cm³/mol. The minimum Gasteiger partial charge on any atom is -0.349 e. The quantitative estimate of drug-likeness (QED) is 0.217. The highest BCUT2D eigenvalue weighted by Crippen LogP contribution is 2.20. The Labute approximate surface area is 171 Å². The van der Waals surface area contributed by atoms with Gasteiger partial charge in [-0.1, -0.05) is 34.8 Å². The second kappa shape index (κ2) is 9.97. The normalized spacial score (nSPS) is 11.4. The third kappa shape index (κ3) is 7.31. The maximum absolute atomic E-state index is 12.1. The number of amides is 1. The van der Waals surface area contributed by atoms with Crippen LogP contribution in [0.25, 0.3) is 0 Å². The van der Waals surface area contributed by atoms with Crippen molar-refractivity contribution in [2.45, 2.75) is 4.33 Å². The number of alkyl halides is 2. The first-order valence-electron chi connectivity index (χ1n) is 7.68. The minimum absolute atomic E-state index is 0.0478. The number of guanidine groups is 1. The molecule has 1 heterocycles. The molecular weight excluding hydrogens is 411 g/mol. The van der Waals surface area contributed by atoms with Gasteiger partial charge in [0.05, 0.1) is 25.0 Å². The fourth-order valence-corrected chi connectivity index (χ4v) is 2.28. The number of carbonyl (C=O) groups excluding carboxylic acids is 1. The van der Waals surface area contributed by atoms with Crippen LogP contribution < -0.4 is 16.0 Å². The number of nitrogens with one attached hydrogen (secondary N) is 3. The van der Waals surface area contributed by atoms with Gasteiger partial charge in [0.15, 0.2) is 10.5 Å². The van der Waals surface area contributed by atoms with Crippen molar-refractivity contribution in [2.75, 3.05) is 18.4 Å². The largest absolute Gasteiger partial charge is 0.349 e. The molecule has 2 aromatic rings. The van der Waals surface area contributed by atoms with Gasteiger partial charge < -0.3 is 10.6 Å². The molecule has 2 rings (SSSR count). The SMILES string of the molecule is N#CNC(=NCC(Cl)(Cl)CNC(=O)c1ccc(Cl)cc1)Nc1cccnc1. The number of halogens is 3. The van der Waals surface area contributed by atoms with Gasteiger partial charge in [0.25, 0.3) is 5.91 Å². The molecule has 27 heavy (non-hydrogen) atoms. The van der Waals surface area contributed by atoms with Crippen LogP contribution in [0.2, 0.25) is 5.02 Å². The lowest BCUT2D eigenvalue weighted by Crippen LogP contribution is -2.38. The summed E-state index contributed by atoms with van der Waals surface area (Å²) in [6.07, 6.45) is 4.95. The summed E-state index contributed by atoms with van der Waals surface area (Å²) in [5, 5.41) is 17.3. The third-order valence-corrected chi connectivity index (χ3v) is 3.94. The number of carbonyl (C=O) groups is 1. The van der Waals surface area contributed by atoms with Gasteiger partial charge in [0.1, 0.15) is 0 Å². The Morgan fingerprint density at radius 2 is 2.00 bits per heavy atom. The zero-order chi connectivity index (χ0) is 19.7. The Bertz CT molecular complexity index is 834. The van der Waals surface area contributed by atoms with Crippen molar-refractivity contribution in [3.8, 4) is 6.19 Å². The smallest absolute Gasteiger partial charge is 0.251 e. The Morgan fingerprint density at radius 1 is 1.26 bits per heavy atom. The number of aliphatic imine (C=N–C) groups is 1. The van der Waals surface area contributed by atoms with E-state index in [2.05, 4.69) is 25.9 Å². The topological polar surface area (TPSA) is 102 Å². The lowest BCUT2D eigenvalue weighted by molar-refractivity contribution is 0.0952. The molecule has 0 saturated heterocycles. The van der Waals surface area contributed by atoms with Gasteiger partial charge in [0, 0.05) is 16.8 Å². The Balaban J connectivity index is 1.94. The first-order valence-corrected chi connectivity index (χ1v) is 8.81. The summed E-state index contributed by atoms with van der Waals surface area (Å²) in [4.78, 5) is 20.2. The molecule has 0 spiro atoms. The van der Waals surface area contributed by atoms with Crippen molar-refractivity contribution in [1.82, 2.24) is 15.6 Å². The average Bonchev–Trinajstić information content (AvgIpc) is 2.66. The maximum atomic E-state index is 12.1. The van der Waals surface area contributed by atoms with Crippen molar-refractivity contribution in [3.05, 3.63) is 59.4 Å². The molecule has 0 saturated carbocycles. The van der Waals surface area contributed by atoms with Gasteiger partial charge in [-0.15, -0.1) is 0 Å². The molecule has 0 atom stereocenters. The van der Waals surface area contributed by atoms with Crippen LogP contribution in [0.4, 0.5) is 5.69 Å². The van der Waals surface area contributed by atoms with E-state index in [1.807, 2.05) is 0 Å². The van der Waals surface area contributed by atoms with Gasteiger partial charge in [0.2, 0.25) is 5.96 Å². The van der Waals surface area contributed by atoms with Crippen molar-refractivity contribution >= 4 is 52.4 Å². The number of rotatable bonds is 6. The van der Waals surface area contributed by atoms with Gasteiger partial charge in [-0.25, -0.2) is 4.99 Å². The monoisotopic (exact) mass is 424 g/mol.